The van der Waals surface area contributed by atoms with Gasteiger partial charge in [0.25, 0.3) is 0 Å². The number of nitrogens with zero attached hydrogens (tertiary/aromatic N) is 2. The lowest BCUT2D eigenvalue weighted by molar-refractivity contribution is 0.263. The van der Waals surface area contributed by atoms with Crippen LogP contribution >= 0.6 is 27.5 Å². The zero-order valence-electron chi connectivity index (χ0n) is 8.87. The summed E-state index contributed by atoms with van der Waals surface area (Å²) < 4.78 is 0.935. The number of hydrogen-bond acceptors (Lipinski definition) is 3. The molecule has 0 radical (unpaired) electrons. The quantitative estimate of drug-likeness (QED) is 0.933. The second-order valence-corrected chi connectivity index (χ2v) is 5.36. The number of halogens is 2. The maximum absolute atomic E-state index is 8.91. The Kier molecular flexibility index (Phi) is 4.05. The lowest BCUT2D eigenvalue weighted by Gasteiger charge is -2.18. The van der Waals surface area contributed by atoms with Crippen LogP contribution < -0.4 is 4.90 Å². The van der Waals surface area contributed by atoms with Gasteiger partial charge >= 0.3 is 0 Å². The lowest BCUT2D eigenvalue weighted by Crippen LogP contribution is -2.21. The van der Waals surface area contributed by atoms with Crippen LogP contribution in [0.4, 0.5) is 5.82 Å². The minimum absolute atomic E-state index is 0.272. The van der Waals surface area contributed by atoms with Crippen LogP contribution in [0.5, 0.6) is 0 Å². The second kappa shape index (κ2) is 5.34. The van der Waals surface area contributed by atoms with Crippen molar-refractivity contribution in [2.75, 3.05) is 24.6 Å². The monoisotopic (exact) mass is 304 g/mol. The van der Waals surface area contributed by atoms with Gasteiger partial charge in [0, 0.05) is 25.9 Å². The number of aliphatic hydroxyl groups is 1. The summed E-state index contributed by atoms with van der Waals surface area (Å²) in [5.74, 6) is 1.53. The molecule has 16 heavy (non-hydrogen) atoms. The highest BCUT2D eigenvalue weighted by Gasteiger charge is 2.24. The van der Waals surface area contributed by atoms with Crippen LogP contribution in [0.2, 0.25) is 5.02 Å². The van der Waals surface area contributed by atoms with Gasteiger partial charge in [0.05, 0.1) is 9.50 Å². The van der Waals surface area contributed by atoms with Crippen molar-refractivity contribution in [3.8, 4) is 0 Å². The molecule has 3 nitrogen and oxygen atoms in total. The summed E-state index contributed by atoms with van der Waals surface area (Å²) in [5, 5.41) is 9.55. The molecule has 0 amide bonds. The molecule has 0 saturated carbocycles. The number of aliphatic hydroxyl groups excluding tert-OH is 1. The van der Waals surface area contributed by atoms with Crippen LogP contribution in [0.3, 0.4) is 0 Å². The van der Waals surface area contributed by atoms with E-state index in [0.717, 1.165) is 36.2 Å². The summed E-state index contributed by atoms with van der Waals surface area (Å²) in [7, 11) is 0. The number of anilines is 1. The van der Waals surface area contributed by atoms with Crippen molar-refractivity contribution in [1.29, 1.82) is 0 Å². The first-order valence-corrected chi connectivity index (χ1v) is 6.54. The maximum atomic E-state index is 8.91. The minimum atomic E-state index is 0.272. The molecular weight excluding hydrogens is 291 g/mol. The van der Waals surface area contributed by atoms with Gasteiger partial charge in [-0.3, -0.25) is 0 Å². The number of aromatic nitrogens is 1. The molecule has 1 aromatic heterocycles. The first-order valence-electron chi connectivity index (χ1n) is 5.37. The van der Waals surface area contributed by atoms with Crippen molar-refractivity contribution in [3.05, 3.63) is 21.8 Å². The van der Waals surface area contributed by atoms with E-state index in [1.54, 1.807) is 6.20 Å². The Labute approximate surface area is 109 Å². The maximum Gasteiger partial charge on any atom is 0.142 e. The average Bonchev–Trinajstić information content (AvgIpc) is 2.67. The fraction of sp³-hybridized carbons (Fsp3) is 0.545. The summed E-state index contributed by atoms with van der Waals surface area (Å²) in [4.78, 5) is 6.58. The molecule has 1 fully saturated rings. The smallest absolute Gasteiger partial charge is 0.142 e. The Morgan fingerprint density at radius 1 is 1.62 bits per heavy atom. The Bertz CT molecular complexity index is 375. The second-order valence-electron chi connectivity index (χ2n) is 4.07. The van der Waals surface area contributed by atoms with E-state index in [1.165, 1.54) is 0 Å². The van der Waals surface area contributed by atoms with Crippen LogP contribution in [0.1, 0.15) is 12.8 Å². The van der Waals surface area contributed by atoms with E-state index >= 15 is 0 Å². The lowest BCUT2D eigenvalue weighted by atomic mass is 10.1. The van der Waals surface area contributed by atoms with Crippen LogP contribution in [0, 0.1) is 5.92 Å². The van der Waals surface area contributed by atoms with E-state index in [9.17, 15) is 0 Å². The Morgan fingerprint density at radius 3 is 3.12 bits per heavy atom. The molecule has 1 unspecified atom stereocenters. The fourth-order valence-electron chi connectivity index (χ4n) is 2.08. The molecule has 0 bridgehead atoms. The molecule has 5 heteroatoms. The summed E-state index contributed by atoms with van der Waals surface area (Å²) in [6, 6.07) is 1.86. The van der Waals surface area contributed by atoms with Gasteiger partial charge in [-0.05, 0) is 40.8 Å². The van der Waals surface area contributed by atoms with Gasteiger partial charge in [0.1, 0.15) is 5.82 Å². The zero-order valence-corrected chi connectivity index (χ0v) is 11.2. The summed E-state index contributed by atoms with van der Waals surface area (Å²) in [6.07, 6.45) is 3.67. The molecule has 2 rings (SSSR count). The van der Waals surface area contributed by atoms with E-state index in [2.05, 4.69) is 25.8 Å². The number of hydrogen-bond donors (Lipinski definition) is 1. The third-order valence-corrected chi connectivity index (χ3v) is 3.70. The van der Waals surface area contributed by atoms with Gasteiger partial charge in [-0.1, -0.05) is 11.6 Å². The van der Waals surface area contributed by atoms with Crippen LogP contribution in [0.15, 0.2) is 16.7 Å². The molecular formula is C11H14BrClN2O. The fourth-order valence-corrected chi connectivity index (χ4v) is 2.97. The normalized spacial score (nSPS) is 20.4. The molecule has 0 spiro atoms. The molecule has 1 aliphatic heterocycles. The van der Waals surface area contributed by atoms with E-state index in [1.807, 2.05) is 6.07 Å². The van der Waals surface area contributed by atoms with Crippen LogP contribution in [-0.2, 0) is 0 Å². The molecule has 1 atom stereocenters. The highest BCUT2D eigenvalue weighted by atomic mass is 79.9. The van der Waals surface area contributed by atoms with E-state index < -0.39 is 0 Å². The van der Waals surface area contributed by atoms with Crippen LogP contribution in [-0.4, -0.2) is 29.8 Å². The molecule has 0 aromatic carbocycles. The Morgan fingerprint density at radius 2 is 2.44 bits per heavy atom. The average molecular weight is 306 g/mol. The third kappa shape index (κ3) is 2.67. The first-order chi connectivity index (χ1) is 7.70. The molecule has 88 valence electrons. The summed E-state index contributed by atoms with van der Waals surface area (Å²) in [6.45, 7) is 2.24. The highest BCUT2D eigenvalue weighted by Crippen LogP contribution is 2.31. The largest absolute Gasteiger partial charge is 0.396 e. The Hall–Kier alpha value is -0.320. The molecule has 1 aliphatic rings. The first kappa shape index (κ1) is 12.1. The van der Waals surface area contributed by atoms with Crippen LogP contribution in [0.25, 0.3) is 0 Å². The molecule has 0 aliphatic carbocycles. The van der Waals surface area contributed by atoms with Gasteiger partial charge in [-0.2, -0.15) is 0 Å². The predicted octanol–water partition coefficient (Wildman–Crippen LogP) is 2.71. The Balaban J connectivity index is 2.08. The molecule has 2 heterocycles. The van der Waals surface area contributed by atoms with E-state index in [0.29, 0.717) is 10.9 Å². The predicted molar refractivity (Wildman–Crippen MR) is 69.0 cm³/mol. The van der Waals surface area contributed by atoms with Crippen molar-refractivity contribution < 1.29 is 5.11 Å². The highest BCUT2D eigenvalue weighted by molar-refractivity contribution is 9.10. The minimum Gasteiger partial charge on any atom is -0.396 e. The van der Waals surface area contributed by atoms with Gasteiger partial charge < -0.3 is 10.0 Å². The third-order valence-electron chi connectivity index (χ3n) is 2.91. The van der Waals surface area contributed by atoms with Crippen molar-refractivity contribution in [3.63, 3.8) is 0 Å². The zero-order chi connectivity index (χ0) is 11.5. The van der Waals surface area contributed by atoms with Gasteiger partial charge in [-0.15, -0.1) is 0 Å². The topological polar surface area (TPSA) is 36.4 Å². The van der Waals surface area contributed by atoms with Gasteiger partial charge in [0.2, 0.25) is 0 Å². The number of pyridine rings is 1. The van der Waals surface area contributed by atoms with E-state index in [4.69, 9.17) is 16.7 Å². The van der Waals surface area contributed by atoms with E-state index in [-0.39, 0.29) is 6.61 Å². The molecule has 1 aromatic rings. The number of rotatable bonds is 3. The molecule has 1 saturated heterocycles. The summed E-state index contributed by atoms with van der Waals surface area (Å²) >= 11 is 9.34. The van der Waals surface area contributed by atoms with Gasteiger partial charge in [-0.25, -0.2) is 4.98 Å². The van der Waals surface area contributed by atoms with Crippen molar-refractivity contribution in [2.24, 2.45) is 5.92 Å². The standard InChI is InChI=1S/C11H14BrClN2O/c12-10-5-9(13)6-14-11(10)15-3-1-8(7-15)2-4-16/h5-6,8,16H,1-4,7H2. The molecule has 1 N–H and O–H groups in total. The van der Waals surface area contributed by atoms with Crippen molar-refractivity contribution in [2.45, 2.75) is 12.8 Å². The van der Waals surface area contributed by atoms with Crippen molar-refractivity contribution in [1.82, 2.24) is 4.98 Å². The van der Waals surface area contributed by atoms with Crippen molar-refractivity contribution >= 4 is 33.3 Å². The SMILES string of the molecule is OCCC1CCN(c2ncc(Cl)cc2Br)C1. The summed E-state index contributed by atoms with van der Waals surface area (Å²) in [5.41, 5.74) is 0. The van der Waals surface area contributed by atoms with Gasteiger partial charge in [0.15, 0.2) is 0 Å².